The van der Waals surface area contributed by atoms with Crippen molar-refractivity contribution in [3.63, 3.8) is 0 Å². The predicted octanol–water partition coefficient (Wildman–Crippen LogP) is 4.59. The number of para-hydroxylation sites is 1. The van der Waals surface area contributed by atoms with Crippen molar-refractivity contribution in [2.45, 2.75) is 0 Å². The number of H-pyrrole nitrogens is 1. The summed E-state index contributed by atoms with van der Waals surface area (Å²) < 4.78 is 6.69. The lowest BCUT2D eigenvalue weighted by Gasteiger charge is -2.11. The number of hydrogen-bond acceptors (Lipinski definition) is 4. The molecule has 136 valence electrons. The summed E-state index contributed by atoms with van der Waals surface area (Å²) in [6.45, 7) is 0. The predicted molar refractivity (Wildman–Crippen MR) is 109 cm³/mol. The third kappa shape index (κ3) is 4.04. The molecule has 27 heavy (non-hydrogen) atoms. The minimum atomic E-state index is -0.511. The summed E-state index contributed by atoms with van der Waals surface area (Å²) in [7, 11) is 1.57. The van der Waals surface area contributed by atoms with Gasteiger partial charge in [0.25, 0.3) is 5.56 Å². The fourth-order valence-electron chi connectivity index (χ4n) is 2.50. The van der Waals surface area contributed by atoms with E-state index in [1.54, 1.807) is 37.5 Å². The SMILES string of the molecule is COc1ccccc1C=C=Cc1c(O)n(-c2ccc(Cl)cc2)c(=S)[nH]c1=O. The Kier molecular flexibility index (Phi) is 5.62. The number of rotatable bonds is 4. The first-order chi connectivity index (χ1) is 13.0. The molecular formula is C20H15ClN2O3S. The van der Waals surface area contributed by atoms with Gasteiger partial charge < -0.3 is 9.84 Å². The molecule has 0 unspecified atom stereocenters. The van der Waals surface area contributed by atoms with E-state index in [0.29, 0.717) is 16.5 Å². The topological polar surface area (TPSA) is 67.2 Å². The van der Waals surface area contributed by atoms with Gasteiger partial charge in [-0.15, -0.1) is 5.73 Å². The van der Waals surface area contributed by atoms with Crippen molar-refractivity contribution >= 4 is 36.0 Å². The second-order valence-electron chi connectivity index (χ2n) is 5.51. The average Bonchev–Trinajstić information content (AvgIpc) is 2.66. The molecule has 0 saturated carbocycles. The van der Waals surface area contributed by atoms with Crippen molar-refractivity contribution in [2.75, 3.05) is 7.11 Å². The van der Waals surface area contributed by atoms with E-state index in [2.05, 4.69) is 10.7 Å². The van der Waals surface area contributed by atoms with Crippen LogP contribution in [-0.4, -0.2) is 21.8 Å². The molecule has 0 aliphatic rings. The standard InChI is InChI=1S/C20H15ClN2O3S/c1-26-17-8-3-2-5-13(17)6-4-7-16-18(24)22-20(27)23(19(16)25)15-11-9-14(21)10-12-15/h2-3,5-12,25H,1H3,(H,22,24,27). The lowest BCUT2D eigenvalue weighted by molar-refractivity contribution is 0.414. The van der Waals surface area contributed by atoms with Crippen LogP contribution in [-0.2, 0) is 0 Å². The van der Waals surface area contributed by atoms with Crippen LogP contribution in [0.15, 0.2) is 59.1 Å². The molecule has 3 aromatic rings. The lowest BCUT2D eigenvalue weighted by Crippen LogP contribution is -2.15. The van der Waals surface area contributed by atoms with Crippen molar-refractivity contribution in [2.24, 2.45) is 0 Å². The van der Waals surface area contributed by atoms with Crippen LogP contribution in [0.25, 0.3) is 17.8 Å². The van der Waals surface area contributed by atoms with E-state index in [4.69, 9.17) is 28.6 Å². The number of aromatic hydroxyl groups is 1. The third-order valence-electron chi connectivity index (χ3n) is 3.81. The molecule has 0 saturated heterocycles. The van der Waals surface area contributed by atoms with E-state index >= 15 is 0 Å². The van der Waals surface area contributed by atoms with Crippen molar-refractivity contribution in [3.05, 3.63) is 85.5 Å². The van der Waals surface area contributed by atoms with Gasteiger partial charge in [0.1, 0.15) is 11.3 Å². The molecule has 1 aromatic heterocycles. The average molecular weight is 399 g/mol. The molecule has 0 radical (unpaired) electrons. The first-order valence-electron chi connectivity index (χ1n) is 7.91. The first kappa shape index (κ1) is 18.7. The van der Waals surface area contributed by atoms with Gasteiger partial charge in [-0.25, -0.2) is 0 Å². The Labute approximate surface area is 165 Å². The number of nitrogens with one attached hydrogen (secondary N) is 1. The van der Waals surface area contributed by atoms with E-state index < -0.39 is 5.56 Å². The molecule has 0 fully saturated rings. The zero-order valence-corrected chi connectivity index (χ0v) is 15.8. The van der Waals surface area contributed by atoms with Crippen molar-refractivity contribution in [3.8, 4) is 17.3 Å². The first-order valence-corrected chi connectivity index (χ1v) is 8.69. The molecule has 0 spiro atoms. The number of ether oxygens (including phenoxy) is 1. The number of nitrogens with zero attached hydrogens (tertiary/aromatic N) is 1. The van der Waals surface area contributed by atoms with Gasteiger partial charge in [-0.1, -0.05) is 29.8 Å². The zero-order chi connectivity index (χ0) is 19.4. The highest BCUT2D eigenvalue weighted by atomic mass is 35.5. The Morgan fingerprint density at radius 2 is 1.89 bits per heavy atom. The number of methoxy groups -OCH3 is 1. The highest BCUT2D eigenvalue weighted by molar-refractivity contribution is 7.71. The molecule has 3 rings (SSSR count). The Balaban J connectivity index is 2.10. The summed E-state index contributed by atoms with van der Waals surface area (Å²) >= 11 is 11.1. The summed E-state index contributed by atoms with van der Waals surface area (Å²) in [4.78, 5) is 14.8. The molecule has 5 nitrogen and oxygen atoms in total. The quantitative estimate of drug-likeness (QED) is 0.498. The Morgan fingerprint density at radius 1 is 1.19 bits per heavy atom. The van der Waals surface area contributed by atoms with E-state index in [1.165, 1.54) is 10.6 Å². The van der Waals surface area contributed by atoms with Crippen molar-refractivity contribution in [1.82, 2.24) is 9.55 Å². The number of aromatic amines is 1. The fraction of sp³-hybridized carbons (Fsp3) is 0.0500. The van der Waals surface area contributed by atoms with E-state index in [1.807, 2.05) is 24.3 Å². The van der Waals surface area contributed by atoms with Crippen LogP contribution in [0.4, 0.5) is 0 Å². The number of hydrogen-bond donors (Lipinski definition) is 2. The van der Waals surface area contributed by atoms with Crippen molar-refractivity contribution in [1.29, 1.82) is 0 Å². The van der Waals surface area contributed by atoms with Gasteiger partial charge in [0.15, 0.2) is 4.77 Å². The molecule has 0 atom stereocenters. The lowest BCUT2D eigenvalue weighted by atomic mass is 10.2. The van der Waals surface area contributed by atoms with Crippen LogP contribution in [0.5, 0.6) is 11.6 Å². The zero-order valence-electron chi connectivity index (χ0n) is 14.3. The van der Waals surface area contributed by atoms with Crippen LogP contribution in [0.2, 0.25) is 5.02 Å². The van der Waals surface area contributed by atoms with Gasteiger partial charge >= 0.3 is 0 Å². The smallest absolute Gasteiger partial charge is 0.263 e. The summed E-state index contributed by atoms with van der Waals surface area (Å²) in [5.41, 5.74) is 3.79. The Morgan fingerprint density at radius 3 is 2.59 bits per heavy atom. The summed E-state index contributed by atoms with van der Waals surface area (Å²) in [6, 6.07) is 14.1. The number of aromatic nitrogens is 2. The van der Waals surface area contributed by atoms with E-state index in [-0.39, 0.29) is 16.2 Å². The monoisotopic (exact) mass is 398 g/mol. The molecule has 2 aromatic carbocycles. The van der Waals surface area contributed by atoms with E-state index in [0.717, 1.165) is 5.56 Å². The van der Waals surface area contributed by atoms with Crippen molar-refractivity contribution < 1.29 is 9.84 Å². The molecule has 0 amide bonds. The van der Waals surface area contributed by atoms with Gasteiger partial charge in [0, 0.05) is 10.6 Å². The second-order valence-corrected chi connectivity index (χ2v) is 6.33. The maximum Gasteiger partial charge on any atom is 0.263 e. The fourth-order valence-corrected chi connectivity index (χ4v) is 2.91. The molecule has 2 N–H and O–H groups in total. The van der Waals surface area contributed by atoms with Gasteiger partial charge in [-0.2, -0.15) is 0 Å². The maximum atomic E-state index is 12.2. The maximum absolute atomic E-state index is 12.2. The second kappa shape index (κ2) is 8.10. The van der Waals surface area contributed by atoms with Crippen LogP contribution >= 0.6 is 23.8 Å². The summed E-state index contributed by atoms with van der Waals surface area (Å²) in [5.74, 6) is 0.390. The normalized spacial score (nSPS) is 10.1. The van der Waals surface area contributed by atoms with Crippen LogP contribution < -0.4 is 10.3 Å². The van der Waals surface area contributed by atoms with Gasteiger partial charge in [-0.05, 0) is 54.7 Å². The molecule has 7 heteroatoms. The molecular weight excluding hydrogens is 384 g/mol. The van der Waals surface area contributed by atoms with Crippen LogP contribution in [0.1, 0.15) is 11.1 Å². The summed E-state index contributed by atoms with van der Waals surface area (Å²) in [6.07, 6.45) is 3.05. The largest absolute Gasteiger partial charge is 0.496 e. The molecule has 0 aliphatic carbocycles. The molecule has 0 aliphatic heterocycles. The highest BCUT2D eigenvalue weighted by Crippen LogP contribution is 2.22. The minimum absolute atomic E-state index is 0.0321. The van der Waals surface area contributed by atoms with Gasteiger partial charge in [-0.3, -0.25) is 14.3 Å². The molecule has 1 heterocycles. The van der Waals surface area contributed by atoms with Gasteiger partial charge in [0.2, 0.25) is 5.88 Å². The Bertz CT molecular complexity index is 1160. The number of halogens is 1. The Hall–Kier alpha value is -3.05. The minimum Gasteiger partial charge on any atom is -0.496 e. The number of benzene rings is 2. The van der Waals surface area contributed by atoms with Crippen LogP contribution in [0.3, 0.4) is 0 Å². The highest BCUT2D eigenvalue weighted by Gasteiger charge is 2.11. The molecule has 0 bridgehead atoms. The third-order valence-corrected chi connectivity index (χ3v) is 4.35. The summed E-state index contributed by atoms with van der Waals surface area (Å²) in [5, 5.41) is 11.2. The van der Waals surface area contributed by atoms with E-state index in [9.17, 15) is 9.90 Å². The van der Waals surface area contributed by atoms with Gasteiger partial charge in [0.05, 0.1) is 12.8 Å². The van der Waals surface area contributed by atoms with Crippen LogP contribution in [0, 0.1) is 4.77 Å².